The first-order chi connectivity index (χ1) is 9.63. The van der Waals surface area contributed by atoms with Crippen LogP contribution in [0.3, 0.4) is 0 Å². The summed E-state index contributed by atoms with van der Waals surface area (Å²) in [6.07, 6.45) is 2.85. The summed E-state index contributed by atoms with van der Waals surface area (Å²) in [6, 6.07) is 4.98. The first-order valence-electron chi connectivity index (χ1n) is 6.59. The molecule has 6 heteroatoms. The van der Waals surface area contributed by atoms with E-state index in [1.807, 2.05) is 0 Å². The second-order valence-electron chi connectivity index (χ2n) is 4.31. The van der Waals surface area contributed by atoms with Crippen LogP contribution in [0.15, 0.2) is 18.2 Å². The van der Waals surface area contributed by atoms with Gasteiger partial charge in [-0.3, -0.25) is 4.79 Å². The molecule has 0 spiro atoms. The maximum Gasteiger partial charge on any atom is 0.223 e. The number of unbranched alkanes of at least 4 members (excludes halogenated alkanes) is 2. The highest BCUT2D eigenvalue weighted by molar-refractivity contribution is 6.42. The van der Waals surface area contributed by atoms with Crippen molar-refractivity contribution in [3.05, 3.63) is 28.2 Å². The van der Waals surface area contributed by atoms with Gasteiger partial charge in [-0.05, 0) is 31.4 Å². The average molecular weight is 320 g/mol. The molecule has 0 aliphatic rings. The minimum atomic E-state index is -0.0472. The van der Waals surface area contributed by atoms with Gasteiger partial charge in [-0.15, -0.1) is 0 Å². The van der Waals surface area contributed by atoms with E-state index in [0.29, 0.717) is 35.4 Å². The molecule has 4 nitrogen and oxygen atoms in total. The van der Waals surface area contributed by atoms with Crippen LogP contribution in [0, 0.1) is 0 Å². The van der Waals surface area contributed by atoms with Crippen LogP contribution in [0.2, 0.25) is 10.0 Å². The monoisotopic (exact) mass is 319 g/mol. The van der Waals surface area contributed by atoms with Crippen LogP contribution >= 0.6 is 23.2 Å². The van der Waals surface area contributed by atoms with Crippen LogP contribution in [0.4, 0.5) is 0 Å². The van der Waals surface area contributed by atoms with E-state index in [4.69, 9.17) is 33.0 Å². The molecule has 0 saturated heterocycles. The number of hydrogen-bond acceptors (Lipinski definition) is 3. The van der Waals surface area contributed by atoms with Gasteiger partial charge in [0.1, 0.15) is 5.75 Å². The molecule has 112 valence electrons. The molecule has 0 aromatic heterocycles. The van der Waals surface area contributed by atoms with Gasteiger partial charge < -0.3 is 15.2 Å². The van der Waals surface area contributed by atoms with Crippen molar-refractivity contribution in [1.29, 1.82) is 0 Å². The van der Waals surface area contributed by atoms with Crippen molar-refractivity contribution in [3.8, 4) is 5.75 Å². The standard InChI is InChI=1S/C14H19Cl2NO3/c15-12-5-4-11(10-13(12)16)20-9-6-14(19)17-7-2-1-3-8-18/h4-5,10,18H,1-3,6-9H2,(H,17,19). The SMILES string of the molecule is O=C(CCOc1ccc(Cl)c(Cl)c1)NCCCCCO. The summed E-state index contributed by atoms with van der Waals surface area (Å²) in [5, 5.41) is 12.3. The average Bonchev–Trinajstić information content (AvgIpc) is 2.42. The van der Waals surface area contributed by atoms with Gasteiger partial charge in [-0.25, -0.2) is 0 Å². The van der Waals surface area contributed by atoms with Crippen molar-refractivity contribution in [2.75, 3.05) is 19.8 Å². The molecule has 0 heterocycles. The Bertz CT molecular complexity index is 427. The third-order valence-corrected chi connectivity index (χ3v) is 3.39. The summed E-state index contributed by atoms with van der Waals surface area (Å²) < 4.78 is 5.42. The van der Waals surface area contributed by atoms with Gasteiger partial charge >= 0.3 is 0 Å². The summed E-state index contributed by atoms with van der Waals surface area (Å²) in [4.78, 5) is 11.5. The van der Waals surface area contributed by atoms with Gasteiger partial charge in [-0.1, -0.05) is 23.2 Å². The normalized spacial score (nSPS) is 10.3. The smallest absolute Gasteiger partial charge is 0.223 e. The minimum Gasteiger partial charge on any atom is -0.493 e. The molecule has 0 bridgehead atoms. The summed E-state index contributed by atoms with van der Waals surface area (Å²) in [5.74, 6) is 0.546. The maximum atomic E-state index is 11.5. The molecule has 0 unspecified atom stereocenters. The highest BCUT2D eigenvalue weighted by atomic mass is 35.5. The fourth-order valence-corrected chi connectivity index (χ4v) is 1.85. The Morgan fingerprint density at radius 2 is 2.00 bits per heavy atom. The largest absolute Gasteiger partial charge is 0.493 e. The van der Waals surface area contributed by atoms with E-state index in [2.05, 4.69) is 5.32 Å². The van der Waals surface area contributed by atoms with E-state index in [1.165, 1.54) is 0 Å². The predicted octanol–water partition coefficient (Wildman–Crippen LogP) is 3.04. The van der Waals surface area contributed by atoms with Gasteiger partial charge in [-0.2, -0.15) is 0 Å². The number of halogens is 2. The zero-order valence-electron chi connectivity index (χ0n) is 11.2. The molecule has 1 aromatic carbocycles. The van der Waals surface area contributed by atoms with Crippen molar-refractivity contribution in [3.63, 3.8) is 0 Å². The van der Waals surface area contributed by atoms with Crippen molar-refractivity contribution in [1.82, 2.24) is 5.32 Å². The number of carbonyl (C=O) groups is 1. The molecular weight excluding hydrogens is 301 g/mol. The number of aliphatic hydroxyl groups excluding tert-OH is 1. The van der Waals surface area contributed by atoms with Gasteiger partial charge in [0.15, 0.2) is 0 Å². The Kier molecular flexibility index (Phi) is 8.42. The number of benzene rings is 1. The minimum absolute atomic E-state index is 0.0472. The van der Waals surface area contributed by atoms with Crippen LogP contribution in [-0.4, -0.2) is 30.8 Å². The molecule has 1 rings (SSSR count). The van der Waals surface area contributed by atoms with Crippen LogP contribution in [0.25, 0.3) is 0 Å². The lowest BCUT2D eigenvalue weighted by Crippen LogP contribution is -2.25. The van der Waals surface area contributed by atoms with Crippen molar-refractivity contribution in [2.45, 2.75) is 25.7 Å². The lowest BCUT2D eigenvalue weighted by Gasteiger charge is -2.08. The zero-order valence-corrected chi connectivity index (χ0v) is 12.7. The molecule has 0 radical (unpaired) electrons. The molecule has 0 atom stereocenters. The lowest BCUT2D eigenvalue weighted by molar-refractivity contribution is -0.121. The van der Waals surface area contributed by atoms with E-state index in [1.54, 1.807) is 18.2 Å². The first-order valence-corrected chi connectivity index (χ1v) is 7.34. The summed E-state index contributed by atoms with van der Waals surface area (Å²) in [5.41, 5.74) is 0. The molecule has 0 saturated carbocycles. The topological polar surface area (TPSA) is 58.6 Å². The predicted molar refractivity (Wildman–Crippen MR) is 80.5 cm³/mol. The highest BCUT2D eigenvalue weighted by Crippen LogP contribution is 2.26. The Morgan fingerprint density at radius 3 is 2.70 bits per heavy atom. The van der Waals surface area contributed by atoms with Crippen LogP contribution < -0.4 is 10.1 Å². The number of hydrogen-bond donors (Lipinski definition) is 2. The second-order valence-corrected chi connectivity index (χ2v) is 5.12. The summed E-state index contributed by atoms with van der Waals surface area (Å²) in [7, 11) is 0. The first kappa shape index (κ1) is 17.1. The van der Waals surface area contributed by atoms with Gasteiger partial charge in [0.2, 0.25) is 5.91 Å². The lowest BCUT2D eigenvalue weighted by atomic mass is 10.2. The van der Waals surface area contributed by atoms with E-state index < -0.39 is 0 Å². The highest BCUT2D eigenvalue weighted by Gasteiger charge is 2.03. The number of rotatable bonds is 9. The third kappa shape index (κ3) is 6.98. The molecule has 20 heavy (non-hydrogen) atoms. The van der Waals surface area contributed by atoms with Crippen LogP contribution in [-0.2, 0) is 4.79 Å². The Hall–Kier alpha value is -0.970. The number of ether oxygens (including phenoxy) is 1. The van der Waals surface area contributed by atoms with E-state index in [0.717, 1.165) is 19.3 Å². The molecular formula is C14H19Cl2NO3. The van der Waals surface area contributed by atoms with Crippen molar-refractivity contribution in [2.24, 2.45) is 0 Å². The molecule has 1 aromatic rings. The van der Waals surface area contributed by atoms with Gasteiger partial charge in [0.05, 0.1) is 23.1 Å². The van der Waals surface area contributed by atoms with Crippen LogP contribution in [0.1, 0.15) is 25.7 Å². The van der Waals surface area contributed by atoms with Gasteiger partial charge in [0.25, 0.3) is 0 Å². The molecule has 0 fully saturated rings. The van der Waals surface area contributed by atoms with Crippen molar-refractivity contribution >= 4 is 29.1 Å². The summed E-state index contributed by atoms with van der Waals surface area (Å²) in [6.45, 7) is 1.12. The number of nitrogens with one attached hydrogen (secondary N) is 1. The number of carbonyl (C=O) groups excluding carboxylic acids is 1. The quantitative estimate of drug-likeness (QED) is 0.688. The molecule has 1 amide bonds. The fraction of sp³-hybridized carbons (Fsp3) is 0.500. The van der Waals surface area contributed by atoms with E-state index in [-0.39, 0.29) is 12.5 Å². The van der Waals surface area contributed by atoms with Gasteiger partial charge in [0, 0.05) is 19.2 Å². The molecule has 0 aliphatic carbocycles. The number of amides is 1. The molecule has 0 aliphatic heterocycles. The Morgan fingerprint density at radius 1 is 1.20 bits per heavy atom. The van der Waals surface area contributed by atoms with Crippen LogP contribution in [0.5, 0.6) is 5.75 Å². The number of aliphatic hydroxyl groups is 1. The van der Waals surface area contributed by atoms with E-state index >= 15 is 0 Å². The summed E-state index contributed by atoms with van der Waals surface area (Å²) >= 11 is 11.6. The van der Waals surface area contributed by atoms with Crippen molar-refractivity contribution < 1.29 is 14.6 Å². The molecule has 2 N–H and O–H groups in total. The fourth-order valence-electron chi connectivity index (χ4n) is 1.56. The Labute approximate surface area is 129 Å². The maximum absolute atomic E-state index is 11.5. The van der Waals surface area contributed by atoms with E-state index in [9.17, 15) is 4.79 Å². The zero-order chi connectivity index (χ0) is 14.8. The third-order valence-electron chi connectivity index (χ3n) is 2.65. The Balaban J connectivity index is 2.13. The second kappa shape index (κ2) is 9.86.